The van der Waals surface area contributed by atoms with Crippen molar-refractivity contribution in [2.45, 2.75) is 32.3 Å². The van der Waals surface area contributed by atoms with Crippen LogP contribution in [-0.2, 0) is 4.74 Å². The molecule has 9 heteroatoms. The Morgan fingerprint density at radius 1 is 1.35 bits per heavy atom. The second-order valence-corrected chi connectivity index (χ2v) is 6.65. The van der Waals surface area contributed by atoms with Gasteiger partial charge in [-0.1, -0.05) is 0 Å². The Morgan fingerprint density at radius 3 is 2.74 bits per heavy atom. The number of nitrogens with zero attached hydrogens (tertiary/aromatic N) is 1. The number of nitrogens with two attached hydrogens (primary N) is 2. The summed E-state index contributed by atoms with van der Waals surface area (Å²) in [6, 6.07) is 0.381. The van der Waals surface area contributed by atoms with E-state index in [4.69, 9.17) is 16.2 Å². The van der Waals surface area contributed by atoms with E-state index in [9.17, 15) is 14.4 Å². The number of nitrogens with one attached hydrogen (secondary N) is 1. The number of hydrogen-bond acceptors (Lipinski definition) is 5. The van der Waals surface area contributed by atoms with E-state index in [1.165, 1.54) is 16.2 Å². The summed E-state index contributed by atoms with van der Waals surface area (Å²) < 4.78 is 5.50. The number of esters is 1. The van der Waals surface area contributed by atoms with Crippen molar-refractivity contribution in [3.8, 4) is 0 Å². The standard InChI is InChI=1S/C14H20N4O4S/c1-8-6-10(11(23-8)17-13(15)20)12(19)22-9-4-2-3-5-18(7-9)14(16)21/h6,9H,2-5,7H2,1H3,(H2,16,21)(H3,15,17,20). The van der Waals surface area contributed by atoms with Gasteiger partial charge in [0.05, 0.1) is 12.1 Å². The lowest BCUT2D eigenvalue weighted by Crippen LogP contribution is -2.41. The zero-order valence-electron chi connectivity index (χ0n) is 12.8. The van der Waals surface area contributed by atoms with Gasteiger partial charge in [0.15, 0.2) is 0 Å². The third-order valence-corrected chi connectivity index (χ3v) is 4.49. The fourth-order valence-corrected chi connectivity index (χ4v) is 3.39. The topological polar surface area (TPSA) is 128 Å². The Balaban J connectivity index is 2.08. The average molecular weight is 340 g/mol. The zero-order valence-corrected chi connectivity index (χ0v) is 13.6. The molecule has 8 nitrogen and oxygen atoms in total. The molecule has 0 aromatic carbocycles. The third kappa shape index (κ3) is 4.59. The van der Waals surface area contributed by atoms with Gasteiger partial charge in [-0.2, -0.15) is 0 Å². The minimum Gasteiger partial charge on any atom is -0.457 e. The van der Waals surface area contributed by atoms with Crippen molar-refractivity contribution in [2.24, 2.45) is 11.5 Å². The molecular weight excluding hydrogens is 320 g/mol. The van der Waals surface area contributed by atoms with Gasteiger partial charge in [-0.25, -0.2) is 14.4 Å². The lowest BCUT2D eigenvalue weighted by Gasteiger charge is -2.22. The van der Waals surface area contributed by atoms with E-state index >= 15 is 0 Å². The predicted molar refractivity (Wildman–Crippen MR) is 86.5 cm³/mol. The van der Waals surface area contributed by atoms with Crippen molar-refractivity contribution < 1.29 is 19.1 Å². The number of anilines is 1. The van der Waals surface area contributed by atoms with Crippen LogP contribution in [0.1, 0.15) is 34.5 Å². The summed E-state index contributed by atoms with van der Waals surface area (Å²) in [5.74, 6) is -0.547. The van der Waals surface area contributed by atoms with Crippen LogP contribution < -0.4 is 16.8 Å². The maximum absolute atomic E-state index is 12.4. The minimum atomic E-state index is -0.740. The number of hydrogen-bond donors (Lipinski definition) is 3. The first kappa shape index (κ1) is 17.1. The molecule has 0 radical (unpaired) electrons. The Bertz CT molecular complexity index is 616. The lowest BCUT2D eigenvalue weighted by molar-refractivity contribution is 0.0242. The van der Waals surface area contributed by atoms with Crippen molar-refractivity contribution in [2.75, 3.05) is 18.4 Å². The highest BCUT2D eigenvalue weighted by Crippen LogP contribution is 2.29. The SMILES string of the molecule is Cc1cc(C(=O)OC2CCCCN(C(N)=O)C2)c(NC(N)=O)s1. The summed E-state index contributed by atoms with van der Waals surface area (Å²) in [4.78, 5) is 37.1. The molecule has 4 amide bonds. The molecule has 5 N–H and O–H groups in total. The number of urea groups is 2. The molecule has 0 spiro atoms. The van der Waals surface area contributed by atoms with Gasteiger partial charge >= 0.3 is 18.0 Å². The van der Waals surface area contributed by atoms with E-state index in [2.05, 4.69) is 5.32 Å². The number of amides is 4. The van der Waals surface area contributed by atoms with Crippen LogP contribution in [0.3, 0.4) is 0 Å². The number of ether oxygens (including phenoxy) is 1. The summed E-state index contributed by atoms with van der Waals surface area (Å²) >= 11 is 1.25. The molecule has 23 heavy (non-hydrogen) atoms. The Morgan fingerprint density at radius 2 is 2.09 bits per heavy atom. The summed E-state index contributed by atoms with van der Waals surface area (Å²) in [6.45, 7) is 2.66. The van der Waals surface area contributed by atoms with Crippen molar-refractivity contribution in [1.29, 1.82) is 0 Å². The summed E-state index contributed by atoms with van der Waals surface area (Å²) in [5.41, 5.74) is 10.7. The molecule has 1 aromatic heterocycles. The van der Waals surface area contributed by atoms with Gasteiger partial charge in [-0.05, 0) is 32.3 Å². The first-order chi connectivity index (χ1) is 10.9. The number of carbonyl (C=O) groups excluding carboxylic acids is 3. The minimum absolute atomic E-state index is 0.265. The molecule has 126 valence electrons. The highest BCUT2D eigenvalue weighted by molar-refractivity contribution is 7.16. The summed E-state index contributed by atoms with van der Waals surface area (Å²) in [5, 5.41) is 2.79. The number of aryl methyl sites for hydroxylation is 1. The van der Waals surface area contributed by atoms with Crippen LogP contribution in [0.15, 0.2) is 6.07 Å². The largest absolute Gasteiger partial charge is 0.457 e. The number of rotatable bonds is 3. The fraction of sp³-hybridized carbons (Fsp3) is 0.500. The molecule has 1 aliphatic heterocycles. The van der Waals surface area contributed by atoms with Gasteiger partial charge in [0.25, 0.3) is 0 Å². The van der Waals surface area contributed by atoms with E-state index in [0.29, 0.717) is 18.0 Å². The molecule has 2 heterocycles. The van der Waals surface area contributed by atoms with Gasteiger partial charge in [0, 0.05) is 11.4 Å². The second-order valence-electron chi connectivity index (χ2n) is 5.40. The van der Waals surface area contributed by atoms with E-state index < -0.39 is 24.1 Å². The Hall–Kier alpha value is -2.29. The monoisotopic (exact) mass is 340 g/mol. The maximum Gasteiger partial charge on any atom is 0.341 e. The van der Waals surface area contributed by atoms with Crippen molar-refractivity contribution in [3.63, 3.8) is 0 Å². The van der Waals surface area contributed by atoms with Crippen molar-refractivity contribution in [1.82, 2.24) is 4.90 Å². The van der Waals surface area contributed by atoms with Gasteiger partial charge in [0.2, 0.25) is 0 Å². The van der Waals surface area contributed by atoms with Crippen LogP contribution in [-0.4, -0.2) is 42.1 Å². The van der Waals surface area contributed by atoms with Gasteiger partial charge in [0.1, 0.15) is 11.1 Å². The Labute approximate surface area is 137 Å². The van der Waals surface area contributed by atoms with Crippen LogP contribution in [0.4, 0.5) is 14.6 Å². The summed E-state index contributed by atoms with van der Waals surface area (Å²) in [7, 11) is 0. The second kappa shape index (κ2) is 7.32. The van der Waals surface area contributed by atoms with Crippen molar-refractivity contribution >= 4 is 34.4 Å². The van der Waals surface area contributed by atoms with Crippen LogP contribution >= 0.6 is 11.3 Å². The molecule has 2 rings (SSSR count). The Kier molecular flexibility index (Phi) is 5.43. The number of likely N-dealkylation sites (tertiary alicyclic amines) is 1. The highest BCUT2D eigenvalue weighted by Gasteiger charge is 2.25. The first-order valence-corrected chi connectivity index (χ1v) is 8.10. The fourth-order valence-electron chi connectivity index (χ4n) is 2.48. The molecule has 1 aromatic rings. The normalized spacial score (nSPS) is 18.1. The number of primary amides is 2. The quantitative estimate of drug-likeness (QED) is 0.722. The molecule has 0 saturated carbocycles. The molecule has 1 atom stereocenters. The molecule has 0 aliphatic carbocycles. The van der Waals surface area contributed by atoms with E-state index in [0.717, 1.165) is 17.7 Å². The molecule has 1 fully saturated rings. The number of carbonyl (C=O) groups is 3. The van der Waals surface area contributed by atoms with Gasteiger partial charge in [-0.15, -0.1) is 11.3 Å². The smallest absolute Gasteiger partial charge is 0.341 e. The van der Waals surface area contributed by atoms with Crippen LogP contribution in [0.2, 0.25) is 0 Å². The zero-order chi connectivity index (χ0) is 17.0. The maximum atomic E-state index is 12.4. The third-order valence-electron chi connectivity index (χ3n) is 3.53. The molecule has 1 aliphatic rings. The van der Waals surface area contributed by atoms with E-state index in [1.54, 1.807) is 6.07 Å². The average Bonchev–Trinajstić information content (AvgIpc) is 2.68. The van der Waals surface area contributed by atoms with Crippen LogP contribution in [0.25, 0.3) is 0 Å². The molecule has 1 saturated heterocycles. The van der Waals surface area contributed by atoms with Gasteiger partial charge in [-0.3, -0.25) is 5.32 Å². The van der Waals surface area contributed by atoms with Crippen molar-refractivity contribution in [3.05, 3.63) is 16.5 Å². The first-order valence-electron chi connectivity index (χ1n) is 7.29. The van der Waals surface area contributed by atoms with Crippen LogP contribution in [0.5, 0.6) is 0 Å². The lowest BCUT2D eigenvalue weighted by atomic mass is 10.2. The number of thiophene rings is 1. The molecule has 1 unspecified atom stereocenters. The van der Waals surface area contributed by atoms with Crippen LogP contribution in [0, 0.1) is 6.92 Å². The highest BCUT2D eigenvalue weighted by atomic mass is 32.1. The van der Waals surface area contributed by atoms with E-state index in [1.807, 2.05) is 6.92 Å². The summed E-state index contributed by atoms with van der Waals surface area (Å²) in [6.07, 6.45) is 1.91. The van der Waals surface area contributed by atoms with Gasteiger partial charge < -0.3 is 21.1 Å². The molecule has 0 bridgehead atoms. The van der Waals surface area contributed by atoms with E-state index in [-0.39, 0.29) is 12.1 Å². The predicted octanol–water partition coefficient (Wildman–Crippen LogP) is 1.64. The molecular formula is C14H20N4O4S.